The average Bonchev–Trinajstić information content (AvgIpc) is 2.47. The molecule has 1 spiro atoms. The number of methoxy groups -OCH3 is 1. The summed E-state index contributed by atoms with van der Waals surface area (Å²) in [5, 5.41) is 3.47. The molecule has 0 saturated heterocycles. The van der Waals surface area contributed by atoms with Crippen LogP contribution in [0.25, 0.3) is 0 Å². The van der Waals surface area contributed by atoms with Crippen LogP contribution in [0, 0.1) is 6.92 Å². The van der Waals surface area contributed by atoms with Crippen molar-refractivity contribution in [2.24, 2.45) is 0 Å². The van der Waals surface area contributed by atoms with E-state index in [2.05, 4.69) is 30.4 Å². The molecule has 0 aromatic heterocycles. The summed E-state index contributed by atoms with van der Waals surface area (Å²) in [4.78, 5) is 0. The molecular weight excluding hydrogens is 250 g/mol. The highest BCUT2D eigenvalue weighted by molar-refractivity contribution is 5.41. The van der Waals surface area contributed by atoms with Crippen LogP contribution < -0.4 is 10.1 Å². The summed E-state index contributed by atoms with van der Waals surface area (Å²) in [5.74, 6) is 1.05. The molecule has 3 heteroatoms. The average molecular weight is 275 g/mol. The molecule has 1 aromatic rings. The van der Waals surface area contributed by atoms with Gasteiger partial charge in [-0.1, -0.05) is 17.7 Å². The molecule has 20 heavy (non-hydrogen) atoms. The Balaban J connectivity index is 1.92. The summed E-state index contributed by atoms with van der Waals surface area (Å²) in [5.41, 5.74) is 2.55. The fourth-order valence-corrected chi connectivity index (χ4v) is 3.80. The van der Waals surface area contributed by atoms with Crippen LogP contribution in [0.4, 0.5) is 0 Å². The van der Waals surface area contributed by atoms with Gasteiger partial charge in [0.05, 0.1) is 6.10 Å². The maximum Gasteiger partial charge on any atom is 0.124 e. The second-order valence-corrected chi connectivity index (χ2v) is 6.33. The first-order valence-electron chi connectivity index (χ1n) is 7.65. The van der Waals surface area contributed by atoms with E-state index in [1.54, 1.807) is 0 Å². The molecule has 1 aliphatic carbocycles. The van der Waals surface area contributed by atoms with Crippen molar-refractivity contribution in [2.75, 3.05) is 14.2 Å². The molecule has 1 aliphatic heterocycles. The molecule has 1 aromatic carbocycles. The Bertz CT molecular complexity index is 488. The van der Waals surface area contributed by atoms with E-state index in [0.29, 0.717) is 12.1 Å². The quantitative estimate of drug-likeness (QED) is 0.897. The highest BCUT2D eigenvalue weighted by atomic mass is 16.5. The zero-order valence-corrected chi connectivity index (χ0v) is 12.7. The van der Waals surface area contributed by atoms with Crippen LogP contribution in [0.15, 0.2) is 18.2 Å². The summed E-state index contributed by atoms with van der Waals surface area (Å²) >= 11 is 0. The standard InChI is InChI=1S/C17H25NO2/c1-12-6-7-16-14(9-12)15(18-2)11-17(20-16)8-4-5-13(10-17)19-3/h6-7,9,13,15,18H,4-5,8,10-11H2,1-3H3. The van der Waals surface area contributed by atoms with Gasteiger partial charge in [0.2, 0.25) is 0 Å². The Morgan fingerprint density at radius 2 is 2.20 bits per heavy atom. The number of benzene rings is 1. The Labute approximate surface area is 121 Å². The second-order valence-electron chi connectivity index (χ2n) is 6.33. The Kier molecular flexibility index (Phi) is 3.74. The molecule has 1 N–H and O–H groups in total. The smallest absolute Gasteiger partial charge is 0.124 e. The van der Waals surface area contributed by atoms with Crippen molar-refractivity contribution in [3.05, 3.63) is 29.3 Å². The summed E-state index contributed by atoms with van der Waals surface area (Å²) < 4.78 is 12.1. The van der Waals surface area contributed by atoms with E-state index in [1.165, 1.54) is 17.5 Å². The predicted molar refractivity (Wildman–Crippen MR) is 80.2 cm³/mol. The van der Waals surface area contributed by atoms with Gasteiger partial charge in [0.1, 0.15) is 11.4 Å². The molecule has 0 bridgehead atoms. The number of aryl methyl sites for hydroxylation is 1. The molecule has 3 unspecified atom stereocenters. The molecule has 3 nitrogen and oxygen atoms in total. The lowest BCUT2D eigenvalue weighted by atomic mass is 9.76. The van der Waals surface area contributed by atoms with Crippen LogP contribution in [0.1, 0.15) is 49.3 Å². The minimum atomic E-state index is -0.0468. The third kappa shape index (κ3) is 2.45. The minimum Gasteiger partial charge on any atom is -0.487 e. The van der Waals surface area contributed by atoms with Gasteiger partial charge in [-0.15, -0.1) is 0 Å². The largest absolute Gasteiger partial charge is 0.487 e. The van der Waals surface area contributed by atoms with Crippen LogP contribution in [0.3, 0.4) is 0 Å². The lowest BCUT2D eigenvalue weighted by Crippen LogP contribution is -2.48. The lowest BCUT2D eigenvalue weighted by molar-refractivity contribution is -0.0598. The van der Waals surface area contributed by atoms with Gasteiger partial charge in [-0.2, -0.15) is 0 Å². The molecule has 2 aliphatic rings. The van der Waals surface area contributed by atoms with Crippen LogP contribution >= 0.6 is 0 Å². The van der Waals surface area contributed by atoms with E-state index in [1.807, 2.05) is 14.2 Å². The number of ether oxygens (including phenoxy) is 2. The highest BCUT2D eigenvalue weighted by Gasteiger charge is 2.44. The van der Waals surface area contributed by atoms with Crippen molar-refractivity contribution in [1.29, 1.82) is 0 Å². The Morgan fingerprint density at radius 1 is 1.35 bits per heavy atom. The van der Waals surface area contributed by atoms with E-state index in [0.717, 1.165) is 31.4 Å². The topological polar surface area (TPSA) is 30.5 Å². The number of nitrogens with one attached hydrogen (secondary N) is 1. The SMILES string of the molecule is CNC1CC2(CCCC(OC)C2)Oc2ccc(C)cc21. The van der Waals surface area contributed by atoms with Crippen LogP contribution in [-0.4, -0.2) is 25.9 Å². The molecular formula is C17H25NO2. The van der Waals surface area contributed by atoms with E-state index in [-0.39, 0.29) is 5.60 Å². The van der Waals surface area contributed by atoms with Gasteiger partial charge in [0, 0.05) is 31.6 Å². The van der Waals surface area contributed by atoms with Gasteiger partial charge in [0.25, 0.3) is 0 Å². The van der Waals surface area contributed by atoms with Crippen molar-refractivity contribution in [2.45, 2.75) is 56.8 Å². The lowest BCUT2D eigenvalue weighted by Gasteiger charge is -2.46. The van der Waals surface area contributed by atoms with Crippen LogP contribution in [0.2, 0.25) is 0 Å². The predicted octanol–water partition coefficient (Wildman–Crippen LogP) is 3.37. The van der Waals surface area contributed by atoms with E-state index < -0.39 is 0 Å². The summed E-state index contributed by atoms with van der Waals surface area (Å²) in [6.45, 7) is 2.14. The molecule has 110 valence electrons. The van der Waals surface area contributed by atoms with Gasteiger partial charge < -0.3 is 14.8 Å². The summed E-state index contributed by atoms with van der Waals surface area (Å²) in [6.07, 6.45) is 5.88. The Morgan fingerprint density at radius 3 is 2.95 bits per heavy atom. The van der Waals surface area contributed by atoms with Crippen LogP contribution in [-0.2, 0) is 4.74 Å². The molecule has 1 fully saturated rings. The fraction of sp³-hybridized carbons (Fsp3) is 0.647. The third-order valence-corrected chi connectivity index (χ3v) is 4.88. The molecule has 0 radical (unpaired) electrons. The first kappa shape index (κ1) is 13.9. The molecule has 3 rings (SSSR count). The fourth-order valence-electron chi connectivity index (χ4n) is 3.80. The van der Waals surface area contributed by atoms with Crippen molar-refractivity contribution in [3.63, 3.8) is 0 Å². The van der Waals surface area contributed by atoms with Crippen molar-refractivity contribution in [3.8, 4) is 5.75 Å². The first-order chi connectivity index (χ1) is 9.65. The minimum absolute atomic E-state index is 0.0468. The van der Waals surface area contributed by atoms with E-state index in [9.17, 15) is 0 Å². The van der Waals surface area contributed by atoms with Gasteiger partial charge in [-0.05, 0) is 39.3 Å². The van der Waals surface area contributed by atoms with E-state index in [4.69, 9.17) is 9.47 Å². The van der Waals surface area contributed by atoms with Gasteiger partial charge in [-0.3, -0.25) is 0 Å². The molecule has 1 heterocycles. The normalized spacial score (nSPS) is 32.8. The molecule has 3 atom stereocenters. The first-order valence-corrected chi connectivity index (χ1v) is 7.65. The van der Waals surface area contributed by atoms with Crippen molar-refractivity contribution >= 4 is 0 Å². The number of fused-ring (bicyclic) bond motifs is 1. The van der Waals surface area contributed by atoms with Crippen molar-refractivity contribution in [1.82, 2.24) is 5.32 Å². The number of hydrogen-bond acceptors (Lipinski definition) is 3. The van der Waals surface area contributed by atoms with Gasteiger partial charge >= 0.3 is 0 Å². The zero-order valence-electron chi connectivity index (χ0n) is 12.7. The highest BCUT2D eigenvalue weighted by Crippen LogP contribution is 2.46. The maximum absolute atomic E-state index is 6.46. The van der Waals surface area contributed by atoms with Gasteiger partial charge in [0.15, 0.2) is 0 Å². The van der Waals surface area contributed by atoms with Gasteiger partial charge in [-0.25, -0.2) is 0 Å². The third-order valence-electron chi connectivity index (χ3n) is 4.88. The Hall–Kier alpha value is -1.06. The molecule has 0 amide bonds. The summed E-state index contributed by atoms with van der Waals surface area (Å²) in [6, 6.07) is 6.90. The van der Waals surface area contributed by atoms with Crippen LogP contribution in [0.5, 0.6) is 5.75 Å². The number of hydrogen-bond donors (Lipinski definition) is 1. The monoisotopic (exact) mass is 275 g/mol. The van der Waals surface area contributed by atoms with Crippen molar-refractivity contribution < 1.29 is 9.47 Å². The maximum atomic E-state index is 6.46. The number of rotatable bonds is 2. The molecule has 1 saturated carbocycles. The zero-order chi connectivity index (χ0) is 14.2. The summed E-state index contributed by atoms with van der Waals surface area (Å²) in [7, 11) is 3.87. The second kappa shape index (κ2) is 5.38. The van der Waals surface area contributed by atoms with E-state index >= 15 is 0 Å².